The number of aliphatic carboxylic acids is 1. The summed E-state index contributed by atoms with van der Waals surface area (Å²) in [6, 6.07) is 32.5. The second kappa shape index (κ2) is 20.1. The highest BCUT2D eigenvalue weighted by atomic mass is 32.2. The Kier molecular flexibility index (Phi) is 15.3. The molecule has 0 saturated carbocycles. The maximum Gasteiger partial charge on any atom is 0.408 e. The lowest BCUT2D eigenvalue weighted by Crippen LogP contribution is -2.60. The highest BCUT2D eigenvalue weighted by molar-refractivity contribution is 8.00. The van der Waals surface area contributed by atoms with Crippen LogP contribution in [0.2, 0.25) is 0 Å². The fraction of sp³-hybridized carbons (Fsp3) is 0.370. The van der Waals surface area contributed by atoms with E-state index in [9.17, 15) is 29.1 Å². The molecule has 0 bridgehead atoms. The van der Waals surface area contributed by atoms with E-state index in [1.165, 1.54) is 28.4 Å². The van der Waals surface area contributed by atoms with E-state index in [4.69, 9.17) is 4.74 Å². The van der Waals surface area contributed by atoms with Crippen molar-refractivity contribution in [2.45, 2.75) is 82.0 Å². The molecule has 0 radical (unpaired) electrons. The smallest absolute Gasteiger partial charge is 0.408 e. The van der Waals surface area contributed by atoms with Crippen LogP contribution in [-0.4, -0.2) is 82.4 Å². The quantitative estimate of drug-likeness (QED) is 0.0822. The highest BCUT2D eigenvalue weighted by Gasteiger charge is 2.44. The molecule has 0 aromatic heterocycles. The second-order valence-corrected chi connectivity index (χ2v) is 18.0. The Balaban J connectivity index is 1.50. The van der Waals surface area contributed by atoms with Gasteiger partial charge in [0.2, 0.25) is 11.8 Å². The van der Waals surface area contributed by atoms with E-state index in [0.717, 1.165) is 22.3 Å². The molecule has 0 fully saturated rings. The van der Waals surface area contributed by atoms with Crippen LogP contribution in [0, 0.1) is 5.92 Å². The van der Waals surface area contributed by atoms with Crippen molar-refractivity contribution in [3.05, 3.63) is 138 Å². The molecule has 2 unspecified atom stereocenters. The summed E-state index contributed by atoms with van der Waals surface area (Å²) < 4.78 is 4.81. The molecular formula is C46H54N4O7S2. The summed E-state index contributed by atoms with van der Waals surface area (Å²) in [5.41, 5.74) is 3.28. The Hall–Kier alpha value is -5.27. The predicted octanol–water partition coefficient (Wildman–Crippen LogP) is 7.03. The summed E-state index contributed by atoms with van der Waals surface area (Å²) in [7, 11) is 0. The van der Waals surface area contributed by atoms with Crippen LogP contribution in [0.3, 0.4) is 0 Å². The number of carboxylic acid groups (broad SMARTS) is 1. The minimum atomic E-state index is -1.18. The fourth-order valence-corrected chi connectivity index (χ4v) is 9.19. The van der Waals surface area contributed by atoms with Gasteiger partial charge in [0, 0.05) is 17.9 Å². The van der Waals surface area contributed by atoms with Crippen LogP contribution in [-0.2, 0) is 35.1 Å². The van der Waals surface area contributed by atoms with Crippen LogP contribution in [0.1, 0.15) is 63.3 Å². The lowest BCUT2D eigenvalue weighted by atomic mass is 9.84. The number of rotatable bonds is 17. The zero-order valence-corrected chi connectivity index (χ0v) is 36.0. The van der Waals surface area contributed by atoms with Gasteiger partial charge in [-0.3, -0.25) is 19.3 Å². The third-order valence-corrected chi connectivity index (χ3v) is 12.3. The lowest BCUT2D eigenvalue weighted by Gasteiger charge is -2.37. The van der Waals surface area contributed by atoms with Gasteiger partial charge in [-0.15, -0.1) is 11.8 Å². The molecule has 4 aromatic rings. The van der Waals surface area contributed by atoms with Gasteiger partial charge >= 0.3 is 12.1 Å². The molecule has 59 heavy (non-hydrogen) atoms. The molecule has 11 nitrogen and oxygen atoms in total. The number of carbonyl (C=O) groups is 5. The lowest BCUT2D eigenvalue weighted by molar-refractivity contribution is -0.142. The maximum atomic E-state index is 14.8. The van der Waals surface area contributed by atoms with Crippen molar-refractivity contribution in [2.75, 3.05) is 22.7 Å². The molecule has 4 N–H and O–H groups in total. The Morgan fingerprint density at radius 2 is 1.29 bits per heavy atom. The normalized spacial score (nSPS) is 15.4. The van der Waals surface area contributed by atoms with Gasteiger partial charge in [-0.05, 0) is 73.4 Å². The number of ether oxygens (including phenoxy) is 1. The monoisotopic (exact) mass is 838 g/mol. The van der Waals surface area contributed by atoms with Crippen LogP contribution in [0.15, 0.2) is 115 Å². The predicted molar refractivity (Wildman–Crippen MR) is 236 cm³/mol. The minimum Gasteiger partial charge on any atom is -0.480 e. The molecule has 1 aliphatic rings. The number of hydrogen-bond donors (Lipinski definition) is 4. The standard InChI is InChI=1S/C46H54N4O7S2/c1-30(2)39(42(53)50-37-25-17-16-18-31(37)28-38(50)41(52)47-35(43(54)55)26-27-58-6)49-40(51)36(48-44(56)57-45(3,4)5)29-59-46(32-19-10-7-11-20-32,33-21-12-8-13-22-33)34-23-14-9-15-24-34/h7-25,30,35-36,38-39H,26-29H2,1-6H3,(H,47,52)(H,48,56)(H,49,51)(H,54,55)/t35?,36-,38?,39-/m0/s1. The summed E-state index contributed by atoms with van der Waals surface area (Å²) >= 11 is 2.94. The van der Waals surface area contributed by atoms with Crippen molar-refractivity contribution < 1.29 is 33.8 Å². The van der Waals surface area contributed by atoms with Crippen LogP contribution in [0.4, 0.5) is 10.5 Å². The van der Waals surface area contributed by atoms with Crippen LogP contribution < -0.4 is 20.9 Å². The van der Waals surface area contributed by atoms with E-state index in [-0.39, 0.29) is 18.6 Å². The molecule has 5 rings (SSSR count). The summed E-state index contributed by atoms with van der Waals surface area (Å²) in [5, 5.41) is 18.3. The summed E-state index contributed by atoms with van der Waals surface area (Å²) in [5.74, 6) is -2.79. The molecule has 4 amide bonds. The number of carboxylic acids is 1. The molecular weight excluding hydrogens is 785 g/mol. The number of anilines is 1. The first-order valence-electron chi connectivity index (χ1n) is 19.7. The average Bonchev–Trinajstić information content (AvgIpc) is 3.61. The van der Waals surface area contributed by atoms with Crippen LogP contribution >= 0.6 is 23.5 Å². The highest BCUT2D eigenvalue weighted by Crippen LogP contribution is 2.48. The number of hydrogen-bond acceptors (Lipinski definition) is 8. The first-order chi connectivity index (χ1) is 28.2. The van der Waals surface area contributed by atoms with Gasteiger partial charge in [0.1, 0.15) is 29.8 Å². The third-order valence-electron chi connectivity index (χ3n) is 9.99. The molecule has 13 heteroatoms. The fourth-order valence-electron chi connectivity index (χ4n) is 7.16. The SMILES string of the molecule is CSCCC(NC(=O)C1Cc2ccccc2N1C(=O)[C@@H](NC(=O)[C@H](CSC(c1ccccc1)(c1ccccc1)c1ccccc1)NC(=O)OC(C)(C)C)C(C)C)C(=O)O. The Morgan fingerprint density at radius 1 is 0.763 bits per heavy atom. The maximum absolute atomic E-state index is 14.8. The Morgan fingerprint density at radius 3 is 1.78 bits per heavy atom. The second-order valence-electron chi connectivity index (χ2n) is 15.8. The molecule has 0 spiro atoms. The summed E-state index contributed by atoms with van der Waals surface area (Å²) in [6.45, 7) is 8.78. The average molecular weight is 839 g/mol. The zero-order chi connectivity index (χ0) is 42.7. The van der Waals surface area contributed by atoms with Crippen LogP contribution in [0.5, 0.6) is 0 Å². The van der Waals surface area contributed by atoms with Crippen molar-refractivity contribution in [1.82, 2.24) is 16.0 Å². The molecule has 0 saturated heterocycles. The number of carbonyl (C=O) groups excluding carboxylic acids is 4. The van der Waals surface area contributed by atoms with Gasteiger partial charge in [0.05, 0.1) is 4.75 Å². The first-order valence-corrected chi connectivity index (χ1v) is 22.1. The van der Waals surface area contributed by atoms with E-state index >= 15 is 0 Å². The van der Waals surface area contributed by atoms with Gasteiger partial charge in [-0.2, -0.15) is 11.8 Å². The van der Waals surface area contributed by atoms with Crippen molar-refractivity contribution in [3.8, 4) is 0 Å². The van der Waals surface area contributed by atoms with E-state index in [2.05, 4.69) is 16.0 Å². The zero-order valence-electron chi connectivity index (χ0n) is 34.3. The van der Waals surface area contributed by atoms with Gasteiger partial charge in [-0.1, -0.05) is 123 Å². The van der Waals surface area contributed by atoms with Crippen molar-refractivity contribution >= 4 is 59.0 Å². The molecule has 0 aliphatic carbocycles. The van der Waals surface area contributed by atoms with Gasteiger partial charge in [-0.25, -0.2) is 9.59 Å². The molecule has 4 aromatic carbocycles. The van der Waals surface area contributed by atoms with Crippen molar-refractivity contribution in [1.29, 1.82) is 0 Å². The van der Waals surface area contributed by atoms with Crippen molar-refractivity contribution in [3.63, 3.8) is 0 Å². The number of alkyl carbamates (subject to hydrolysis) is 1. The number of benzene rings is 4. The molecule has 1 heterocycles. The summed E-state index contributed by atoms with van der Waals surface area (Å²) in [4.78, 5) is 70.2. The number of thioether (sulfide) groups is 2. The van der Waals surface area contributed by atoms with Gasteiger partial charge in [0.25, 0.3) is 5.91 Å². The van der Waals surface area contributed by atoms with E-state index < -0.39 is 70.2 Å². The third kappa shape index (κ3) is 11.1. The van der Waals surface area contributed by atoms with E-state index in [0.29, 0.717) is 11.4 Å². The molecule has 312 valence electrons. The topological polar surface area (TPSA) is 154 Å². The molecule has 1 aliphatic heterocycles. The summed E-state index contributed by atoms with van der Waals surface area (Å²) in [6.07, 6.45) is 1.44. The van der Waals surface area contributed by atoms with E-state index in [1.54, 1.807) is 46.8 Å². The Bertz CT molecular complexity index is 1970. The number of nitrogens with one attached hydrogen (secondary N) is 3. The Labute approximate surface area is 355 Å². The number of fused-ring (bicyclic) bond motifs is 1. The van der Waals surface area contributed by atoms with Crippen molar-refractivity contribution in [2.24, 2.45) is 5.92 Å². The van der Waals surface area contributed by atoms with Gasteiger partial charge in [0.15, 0.2) is 0 Å². The number of nitrogens with zero attached hydrogens (tertiary/aromatic N) is 1. The number of amides is 4. The molecule has 4 atom stereocenters. The van der Waals surface area contributed by atoms with Gasteiger partial charge < -0.3 is 25.8 Å². The first kappa shape index (κ1) is 44.8. The minimum absolute atomic E-state index is 0.0625. The van der Waals surface area contributed by atoms with Crippen LogP contribution in [0.25, 0.3) is 0 Å². The largest absolute Gasteiger partial charge is 0.480 e. The van der Waals surface area contributed by atoms with E-state index in [1.807, 2.05) is 109 Å². The number of para-hydroxylation sites is 1.